The molecule has 1 amide bonds. The van der Waals surface area contributed by atoms with Gasteiger partial charge >= 0.3 is 0 Å². The standard InChI is InChI=1S/C17H13BrN4OS2/c1-2-11-15(22-8-10(18)5-6-14(22)19-11)16(23)21-17-20-12(9-25-17)13-4-3-7-24-13/h3-9H,2H2,1H3,(H,20,21,23). The van der Waals surface area contributed by atoms with Gasteiger partial charge in [-0.25, -0.2) is 9.97 Å². The van der Waals surface area contributed by atoms with Crippen molar-refractivity contribution in [3.63, 3.8) is 0 Å². The predicted octanol–water partition coefficient (Wildman–Crippen LogP) is 5.10. The molecule has 126 valence electrons. The van der Waals surface area contributed by atoms with Crippen molar-refractivity contribution in [3.8, 4) is 10.6 Å². The van der Waals surface area contributed by atoms with Gasteiger partial charge in [0, 0.05) is 16.0 Å². The molecule has 1 N–H and O–H groups in total. The van der Waals surface area contributed by atoms with Crippen LogP contribution < -0.4 is 5.32 Å². The Kier molecular flexibility index (Phi) is 4.41. The lowest BCUT2D eigenvalue weighted by molar-refractivity contribution is 0.102. The summed E-state index contributed by atoms with van der Waals surface area (Å²) in [7, 11) is 0. The van der Waals surface area contributed by atoms with E-state index in [0.717, 1.165) is 26.4 Å². The normalized spacial score (nSPS) is 11.1. The molecule has 0 bridgehead atoms. The molecular weight excluding hydrogens is 420 g/mol. The highest BCUT2D eigenvalue weighted by molar-refractivity contribution is 9.10. The fourth-order valence-electron chi connectivity index (χ4n) is 2.58. The summed E-state index contributed by atoms with van der Waals surface area (Å²) in [5.41, 5.74) is 2.95. The molecule has 0 saturated carbocycles. The van der Waals surface area contributed by atoms with E-state index in [1.165, 1.54) is 11.3 Å². The molecule has 0 atom stereocenters. The van der Waals surface area contributed by atoms with Crippen LogP contribution in [0.3, 0.4) is 0 Å². The Bertz CT molecular complexity index is 1050. The summed E-state index contributed by atoms with van der Waals surface area (Å²) in [6.45, 7) is 1.99. The number of anilines is 1. The summed E-state index contributed by atoms with van der Waals surface area (Å²) >= 11 is 6.50. The Morgan fingerprint density at radius 3 is 2.92 bits per heavy atom. The van der Waals surface area contributed by atoms with E-state index in [1.54, 1.807) is 11.3 Å². The first-order valence-electron chi connectivity index (χ1n) is 7.63. The Morgan fingerprint density at radius 2 is 2.16 bits per heavy atom. The first kappa shape index (κ1) is 16.4. The molecule has 4 aromatic rings. The van der Waals surface area contributed by atoms with Gasteiger partial charge in [-0.05, 0) is 45.9 Å². The summed E-state index contributed by atoms with van der Waals surface area (Å²) in [5, 5.41) is 7.46. The van der Waals surface area contributed by atoms with E-state index in [4.69, 9.17) is 0 Å². The third kappa shape index (κ3) is 3.12. The maximum atomic E-state index is 12.9. The summed E-state index contributed by atoms with van der Waals surface area (Å²) in [4.78, 5) is 23.0. The Labute approximate surface area is 160 Å². The minimum atomic E-state index is -0.200. The van der Waals surface area contributed by atoms with Crippen LogP contribution in [-0.2, 0) is 6.42 Å². The predicted molar refractivity (Wildman–Crippen MR) is 106 cm³/mol. The van der Waals surface area contributed by atoms with Crippen molar-refractivity contribution < 1.29 is 4.79 Å². The molecule has 0 aliphatic heterocycles. The van der Waals surface area contributed by atoms with Crippen LogP contribution in [0.2, 0.25) is 0 Å². The van der Waals surface area contributed by atoms with Crippen LogP contribution in [-0.4, -0.2) is 20.3 Å². The maximum Gasteiger partial charge on any atom is 0.276 e. The van der Waals surface area contributed by atoms with E-state index in [-0.39, 0.29) is 5.91 Å². The highest BCUT2D eigenvalue weighted by atomic mass is 79.9. The number of nitrogens with one attached hydrogen (secondary N) is 1. The average Bonchev–Trinajstić information content (AvgIpc) is 3.32. The number of thiophene rings is 1. The van der Waals surface area contributed by atoms with Crippen LogP contribution >= 0.6 is 38.6 Å². The van der Waals surface area contributed by atoms with Gasteiger partial charge in [0.1, 0.15) is 11.3 Å². The zero-order chi connectivity index (χ0) is 17.4. The van der Waals surface area contributed by atoms with E-state index in [9.17, 15) is 4.79 Å². The second kappa shape index (κ2) is 6.70. The SMILES string of the molecule is CCc1nc2ccc(Br)cn2c1C(=O)Nc1nc(-c2cccs2)cs1. The zero-order valence-corrected chi connectivity index (χ0v) is 16.4. The van der Waals surface area contributed by atoms with E-state index >= 15 is 0 Å². The fraction of sp³-hybridized carbons (Fsp3) is 0.118. The van der Waals surface area contributed by atoms with Crippen molar-refractivity contribution in [2.24, 2.45) is 0 Å². The maximum absolute atomic E-state index is 12.9. The van der Waals surface area contributed by atoms with Gasteiger partial charge in [0.05, 0.1) is 16.3 Å². The summed E-state index contributed by atoms with van der Waals surface area (Å²) in [6, 6.07) is 7.81. The van der Waals surface area contributed by atoms with Gasteiger partial charge in [-0.15, -0.1) is 22.7 Å². The van der Waals surface area contributed by atoms with Gasteiger partial charge in [-0.2, -0.15) is 0 Å². The number of carbonyl (C=O) groups excluding carboxylic acids is 1. The number of aryl methyl sites for hydroxylation is 1. The van der Waals surface area contributed by atoms with Crippen LogP contribution in [0.25, 0.3) is 16.2 Å². The van der Waals surface area contributed by atoms with Crippen molar-refractivity contribution in [1.29, 1.82) is 0 Å². The number of hydrogen-bond donors (Lipinski definition) is 1. The number of carbonyl (C=O) groups is 1. The van der Waals surface area contributed by atoms with Crippen LogP contribution in [0.5, 0.6) is 0 Å². The van der Waals surface area contributed by atoms with E-state index in [1.807, 2.05) is 52.5 Å². The molecule has 4 rings (SSSR count). The number of rotatable bonds is 4. The van der Waals surface area contributed by atoms with E-state index < -0.39 is 0 Å². The number of thiazole rings is 1. The Morgan fingerprint density at radius 1 is 1.28 bits per heavy atom. The first-order valence-corrected chi connectivity index (χ1v) is 10.2. The number of imidazole rings is 1. The van der Waals surface area contributed by atoms with Crippen molar-refractivity contribution >= 4 is 55.3 Å². The topological polar surface area (TPSA) is 59.3 Å². The Balaban J connectivity index is 1.67. The molecule has 0 aliphatic rings. The van der Waals surface area contributed by atoms with E-state index in [2.05, 4.69) is 31.2 Å². The molecule has 0 spiro atoms. The smallest absolute Gasteiger partial charge is 0.276 e. The Hall–Kier alpha value is -2.03. The van der Waals surface area contributed by atoms with Crippen LogP contribution in [0.4, 0.5) is 5.13 Å². The molecular formula is C17H13BrN4OS2. The largest absolute Gasteiger partial charge is 0.296 e. The van der Waals surface area contributed by atoms with Crippen molar-refractivity contribution in [3.05, 3.63) is 57.1 Å². The quantitative estimate of drug-likeness (QED) is 0.487. The third-order valence-corrected chi connectivity index (χ3v) is 5.82. The summed E-state index contributed by atoms with van der Waals surface area (Å²) in [6.07, 6.45) is 2.54. The van der Waals surface area contributed by atoms with Crippen molar-refractivity contribution in [1.82, 2.24) is 14.4 Å². The minimum Gasteiger partial charge on any atom is -0.296 e. The summed E-state index contributed by atoms with van der Waals surface area (Å²) in [5.74, 6) is -0.200. The van der Waals surface area contributed by atoms with Gasteiger partial charge < -0.3 is 0 Å². The highest BCUT2D eigenvalue weighted by Gasteiger charge is 2.19. The molecule has 0 aliphatic carbocycles. The number of fused-ring (bicyclic) bond motifs is 1. The lowest BCUT2D eigenvalue weighted by Gasteiger charge is -2.04. The number of hydrogen-bond acceptors (Lipinski definition) is 5. The number of aromatic nitrogens is 3. The number of nitrogens with zero attached hydrogens (tertiary/aromatic N) is 3. The molecule has 4 aromatic heterocycles. The molecule has 5 nitrogen and oxygen atoms in total. The molecule has 8 heteroatoms. The van der Waals surface area contributed by atoms with Crippen molar-refractivity contribution in [2.45, 2.75) is 13.3 Å². The van der Waals surface area contributed by atoms with Gasteiger partial charge in [-0.3, -0.25) is 14.5 Å². The van der Waals surface area contributed by atoms with E-state index in [0.29, 0.717) is 17.2 Å². The zero-order valence-electron chi connectivity index (χ0n) is 13.2. The number of pyridine rings is 1. The van der Waals surface area contributed by atoms with Crippen LogP contribution in [0, 0.1) is 0 Å². The number of halogens is 1. The second-order valence-electron chi connectivity index (χ2n) is 5.31. The lowest BCUT2D eigenvalue weighted by atomic mass is 10.2. The monoisotopic (exact) mass is 432 g/mol. The van der Waals surface area contributed by atoms with Crippen molar-refractivity contribution in [2.75, 3.05) is 5.32 Å². The lowest BCUT2D eigenvalue weighted by Crippen LogP contribution is -2.16. The molecule has 4 heterocycles. The highest BCUT2D eigenvalue weighted by Crippen LogP contribution is 2.28. The molecule has 0 fully saturated rings. The first-order chi connectivity index (χ1) is 12.2. The number of amides is 1. The van der Waals surface area contributed by atoms with Gasteiger partial charge in [0.2, 0.25) is 0 Å². The van der Waals surface area contributed by atoms with Crippen LogP contribution in [0.1, 0.15) is 23.1 Å². The van der Waals surface area contributed by atoms with Gasteiger partial charge in [0.25, 0.3) is 5.91 Å². The second-order valence-corrected chi connectivity index (χ2v) is 8.03. The average molecular weight is 433 g/mol. The fourth-order valence-corrected chi connectivity index (χ4v) is 4.38. The minimum absolute atomic E-state index is 0.200. The molecule has 25 heavy (non-hydrogen) atoms. The molecule has 0 aromatic carbocycles. The molecule has 0 saturated heterocycles. The molecule has 0 radical (unpaired) electrons. The van der Waals surface area contributed by atoms with Crippen LogP contribution in [0.15, 0.2) is 45.7 Å². The van der Waals surface area contributed by atoms with Gasteiger partial charge in [-0.1, -0.05) is 13.0 Å². The third-order valence-electron chi connectivity index (χ3n) is 3.70. The molecule has 0 unspecified atom stereocenters. The summed E-state index contributed by atoms with van der Waals surface area (Å²) < 4.78 is 2.70. The van der Waals surface area contributed by atoms with Gasteiger partial charge in [0.15, 0.2) is 5.13 Å².